The highest BCUT2D eigenvalue weighted by atomic mass is 19.1. The van der Waals surface area contributed by atoms with Gasteiger partial charge in [0.2, 0.25) is 0 Å². The molecule has 0 unspecified atom stereocenters. The van der Waals surface area contributed by atoms with Crippen molar-refractivity contribution in [3.63, 3.8) is 0 Å². The van der Waals surface area contributed by atoms with Gasteiger partial charge in [0.15, 0.2) is 5.82 Å². The Morgan fingerprint density at radius 3 is 2.78 bits per heavy atom. The average molecular weight is 307 g/mol. The predicted octanol–water partition coefficient (Wildman–Crippen LogP) is 4.91. The van der Waals surface area contributed by atoms with E-state index < -0.39 is 0 Å². The van der Waals surface area contributed by atoms with Crippen molar-refractivity contribution in [1.29, 1.82) is 0 Å². The highest BCUT2D eigenvalue weighted by Crippen LogP contribution is 2.35. The summed E-state index contributed by atoms with van der Waals surface area (Å²) in [6, 6.07) is 11.1. The Labute approximate surface area is 134 Å². The molecule has 0 aliphatic heterocycles. The smallest absolute Gasteiger partial charge is 0.153 e. The Morgan fingerprint density at radius 2 is 2.00 bits per heavy atom. The first-order chi connectivity index (χ1) is 11.2. The molecule has 0 atom stereocenters. The molecule has 3 N–H and O–H groups in total. The van der Waals surface area contributed by atoms with Crippen molar-refractivity contribution in [1.82, 2.24) is 10.2 Å². The van der Waals surface area contributed by atoms with Crippen molar-refractivity contribution < 1.29 is 4.39 Å². The molecule has 1 aliphatic rings. The van der Waals surface area contributed by atoms with Crippen molar-refractivity contribution in [2.45, 2.75) is 25.7 Å². The van der Waals surface area contributed by atoms with Crippen molar-refractivity contribution >= 4 is 22.3 Å². The maximum atomic E-state index is 14.8. The summed E-state index contributed by atoms with van der Waals surface area (Å²) >= 11 is 0. The van der Waals surface area contributed by atoms with E-state index >= 15 is 0 Å². The molecule has 23 heavy (non-hydrogen) atoms. The monoisotopic (exact) mass is 307 g/mol. The number of benzene rings is 2. The third-order valence-corrected chi connectivity index (χ3v) is 4.54. The Hall–Kier alpha value is -2.62. The number of nitrogens with zero attached hydrogens (tertiary/aromatic N) is 1. The van der Waals surface area contributed by atoms with Crippen LogP contribution in [0.2, 0.25) is 0 Å². The van der Waals surface area contributed by atoms with Gasteiger partial charge in [0.25, 0.3) is 0 Å². The molecule has 0 amide bonds. The second-order valence-corrected chi connectivity index (χ2v) is 6.01. The molecule has 3 nitrogen and oxygen atoms in total. The fraction of sp³-hybridized carbons (Fsp3) is 0.211. The quantitative estimate of drug-likeness (QED) is 0.707. The number of rotatable bonds is 2. The van der Waals surface area contributed by atoms with Gasteiger partial charge in [-0.05, 0) is 54.5 Å². The molecule has 1 aliphatic carbocycles. The van der Waals surface area contributed by atoms with E-state index in [1.54, 1.807) is 6.07 Å². The van der Waals surface area contributed by atoms with Gasteiger partial charge in [-0.3, -0.25) is 5.10 Å². The molecule has 3 aromatic rings. The zero-order valence-electron chi connectivity index (χ0n) is 12.8. The van der Waals surface area contributed by atoms with Crippen molar-refractivity contribution in [2.24, 2.45) is 0 Å². The average Bonchev–Trinajstić information content (AvgIpc) is 2.97. The van der Waals surface area contributed by atoms with E-state index in [0.29, 0.717) is 11.4 Å². The first-order valence-corrected chi connectivity index (χ1v) is 7.96. The van der Waals surface area contributed by atoms with Crippen LogP contribution in [0.25, 0.3) is 27.6 Å². The molecule has 4 rings (SSSR count). The molecule has 1 aromatic heterocycles. The molecule has 0 spiro atoms. The van der Waals surface area contributed by atoms with Gasteiger partial charge >= 0.3 is 0 Å². The summed E-state index contributed by atoms with van der Waals surface area (Å²) in [5, 5.41) is 7.67. The fourth-order valence-corrected chi connectivity index (χ4v) is 3.36. The molecule has 0 bridgehead atoms. The first kappa shape index (κ1) is 14.0. The maximum absolute atomic E-state index is 14.8. The Bertz CT molecular complexity index is 908. The van der Waals surface area contributed by atoms with E-state index in [1.807, 2.05) is 30.3 Å². The van der Waals surface area contributed by atoms with Crippen LogP contribution >= 0.6 is 0 Å². The highest BCUT2D eigenvalue weighted by molar-refractivity contribution is 6.01. The summed E-state index contributed by atoms with van der Waals surface area (Å²) in [6.07, 6.45) is 6.76. The number of hydrogen-bond acceptors (Lipinski definition) is 2. The lowest BCUT2D eigenvalue weighted by molar-refractivity contribution is 0.630. The SMILES string of the molecule is Nc1n[nH]c2cccc(-c3ccc(C4=CCCCC4)cc3F)c12. The summed E-state index contributed by atoms with van der Waals surface area (Å²) < 4.78 is 14.8. The number of nitrogen functional groups attached to an aromatic ring is 1. The third-order valence-electron chi connectivity index (χ3n) is 4.54. The molecule has 4 heteroatoms. The van der Waals surface area contributed by atoms with E-state index in [-0.39, 0.29) is 5.82 Å². The summed E-state index contributed by atoms with van der Waals surface area (Å²) in [7, 11) is 0. The fourth-order valence-electron chi connectivity index (χ4n) is 3.36. The molecule has 1 heterocycles. The van der Waals surface area contributed by atoms with Crippen LogP contribution in [0.15, 0.2) is 42.5 Å². The van der Waals surface area contributed by atoms with Crippen LogP contribution in [0.3, 0.4) is 0 Å². The number of nitrogens with one attached hydrogen (secondary N) is 1. The minimum absolute atomic E-state index is 0.220. The van der Waals surface area contributed by atoms with Gasteiger partial charge in [-0.15, -0.1) is 0 Å². The maximum Gasteiger partial charge on any atom is 0.153 e. The number of aromatic amines is 1. The summed E-state index contributed by atoms with van der Waals surface area (Å²) in [4.78, 5) is 0. The number of nitrogens with two attached hydrogens (primary N) is 1. The van der Waals surface area contributed by atoms with E-state index in [9.17, 15) is 4.39 Å². The number of H-pyrrole nitrogens is 1. The van der Waals surface area contributed by atoms with Crippen molar-refractivity contribution in [3.05, 3.63) is 53.9 Å². The molecule has 0 fully saturated rings. The zero-order chi connectivity index (χ0) is 15.8. The van der Waals surface area contributed by atoms with Crippen LogP contribution in [-0.2, 0) is 0 Å². The summed E-state index contributed by atoms with van der Waals surface area (Å²) in [5.74, 6) is 0.177. The first-order valence-electron chi connectivity index (χ1n) is 7.96. The molecule has 0 saturated heterocycles. The van der Waals surface area contributed by atoms with Gasteiger partial charge in [-0.1, -0.05) is 30.3 Å². The minimum atomic E-state index is -0.220. The third kappa shape index (κ3) is 2.40. The van der Waals surface area contributed by atoms with Gasteiger partial charge in [0.05, 0.1) is 10.9 Å². The Balaban J connectivity index is 1.83. The van der Waals surface area contributed by atoms with E-state index in [1.165, 1.54) is 18.4 Å². The second kappa shape index (κ2) is 5.54. The number of fused-ring (bicyclic) bond motifs is 1. The van der Waals surface area contributed by atoms with Crippen LogP contribution in [-0.4, -0.2) is 10.2 Å². The lowest BCUT2D eigenvalue weighted by atomic mass is 9.92. The molecule has 2 aromatic carbocycles. The van der Waals surface area contributed by atoms with Crippen LogP contribution in [0.5, 0.6) is 0 Å². The molecule has 116 valence electrons. The van der Waals surface area contributed by atoms with Crippen LogP contribution < -0.4 is 5.73 Å². The molecule has 0 saturated carbocycles. The summed E-state index contributed by atoms with van der Waals surface area (Å²) in [6.45, 7) is 0. The highest BCUT2D eigenvalue weighted by Gasteiger charge is 2.14. The van der Waals surface area contributed by atoms with Gasteiger partial charge in [0, 0.05) is 5.56 Å². The molecular formula is C19H18FN3. The van der Waals surface area contributed by atoms with Crippen LogP contribution in [0.1, 0.15) is 31.2 Å². The lowest BCUT2D eigenvalue weighted by Gasteiger charge is -2.14. The zero-order valence-corrected chi connectivity index (χ0v) is 12.8. The van der Waals surface area contributed by atoms with Gasteiger partial charge < -0.3 is 5.73 Å². The predicted molar refractivity (Wildman–Crippen MR) is 92.3 cm³/mol. The lowest BCUT2D eigenvalue weighted by Crippen LogP contribution is -1.94. The second-order valence-electron chi connectivity index (χ2n) is 6.01. The topological polar surface area (TPSA) is 54.7 Å². The Kier molecular flexibility index (Phi) is 3.37. The number of aromatic nitrogens is 2. The molecular weight excluding hydrogens is 289 g/mol. The normalized spacial score (nSPS) is 14.9. The van der Waals surface area contributed by atoms with Gasteiger partial charge in [-0.25, -0.2) is 4.39 Å². The number of allylic oxidation sites excluding steroid dienone is 2. The number of anilines is 1. The summed E-state index contributed by atoms with van der Waals surface area (Å²) in [5.41, 5.74) is 10.3. The Morgan fingerprint density at radius 1 is 1.09 bits per heavy atom. The van der Waals surface area contributed by atoms with E-state index in [4.69, 9.17) is 5.73 Å². The minimum Gasteiger partial charge on any atom is -0.382 e. The van der Waals surface area contributed by atoms with Gasteiger partial charge in [0.1, 0.15) is 5.82 Å². The van der Waals surface area contributed by atoms with Crippen molar-refractivity contribution in [3.8, 4) is 11.1 Å². The van der Waals surface area contributed by atoms with Gasteiger partial charge in [-0.2, -0.15) is 5.10 Å². The van der Waals surface area contributed by atoms with Crippen LogP contribution in [0.4, 0.5) is 10.2 Å². The molecule has 0 radical (unpaired) electrons. The van der Waals surface area contributed by atoms with E-state index in [2.05, 4.69) is 16.3 Å². The van der Waals surface area contributed by atoms with E-state index in [0.717, 1.165) is 34.9 Å². The van der Waals surface area contributed by atoms with Crippen LogP contribution in [0, 0.1) is 5.82 Å². The number of halogens is 1. The van der Waals surface area contributed by atoms with Crippen molar-refractivity contribution in [2.75, 3.05) is 5.73 Å². The standard InChI is InChI=1S/C19H18FN3/c20-16-11-13(12-5-2-1-3-6-12)9-10-14(16)15-7-4-8-17-18(15)19(21)23-22-17/h4-5,7-11H,1-3,6H2,(H3,21,22,23). The number of hydrogen-bond donors (Lipinski definition) is 2. The largest absolute Gasteiger partial charge is 0.382 e.